The number of benzene rings is 1. The number of aromatic hydroxyl groups is 2. The average molecular weight is 237 g/mol. The Bertz CT molecular complexity index is 393. The van der Waals surface area contributed by atoms with Crippen LogP contribution in [0.15, 0.2) is 18.2 Å². The summed E-state index contributed by atoms with van der Waals surface area (Å²) < 4.78 is 0. The molecular formula is C12H15NO4. The van der Waals surface area contributed by atoms with Crippen LogP contribution >= 0.6 is 0 Å². The maximum atomic E-state index is 11.6. The Morgan fingerprint density at radius 1 is 1.18 bits per heavy atom. The number of rotatable bonds is 3. The van der Waals surface area contributed by atoms with Crippen LogP contribution in [0.25, 0.3) is 0 Å². The lowest BCUT2D eigenvalue weighted by molar-refractivity contribution is -0.0125. The fourth-order valence-electron chi connectivity index (χ4n) is 1.93. The van der Waals surface area contributed by atoms with Crippen LogP contribution in [0.4, 0.5) is 0 Å². The third kappa shape index (κ3) is 3.10. The first-order valence-corrected chi connectivity index (χ1v) is 5.64. The van der Waals surface area contributed by atoms with Crippen LogP contribution in [-0.2, 0) is 4.84 Å². The van der Waals surface area contributed by atoms with Crippen molar-refractivity contribution in [3.05, 3.63) is 23.8 Å². The van der Waals surface area contributed by atoms with Gasteiger partial charge in [0.25, 0.3) is 5.91 Å². The first kappa shape index (κ1) is 11.7. The molecule has 1 fully saturated rings. The van der Waals surface area contributed by atoms with Gasteiger partial charge in [0.2, 0.25) is 0 Å². The Labute approximate surface area is 99.0 Å². The molecule has 5 heteroatoms. The molecule has 0 unspecified atom stereocenters. The molecule has 1 amide bonds. The van der Waals surface area contributed by atoms with Gasteiger partial charge in [-0.15, -0.1) is 0 Å². The van der Waals surface area contributed by atoms with E-state index < -0.39 is 5.91 Å². The summed E-state index contributed by atoms with van der Waals surface area (Å²) in [6, 6.07) is 3.70. The maximum Gasteiger partial charge on any atom is 0.275 e. The highest BCUT2D eigenvalue weighted by Gasteiger charge is 2.17. The van der Waals surface area contributed by atoms with E-state index in [1.165, 1.54) is 12.1 Å². The smallest absolute Gasteiger partial charge is 0.275 e. The average Bonchev–Trinajstić information content (AvgIpc) is 2.77. The molecule has 0 bridgehead atoms. The van der Waals surface area contributed by atoms with E-state index in [1.54, 1.807) is 0 Å². The second-order valence-corrected chi connectivity index (χ2v) is 4.19. The number of hydroxylamine groups is 1. The van der Waals surface area contributed by atoms with Gasteiger partial charge in [0, 0.05) is 11.6 Å². The largest absolute Gasteiger partial charge is 0.508 e. The predicted octanol–water partition coefficient (Wildman–Crippen LogP) is 1.70. The van der Waals surface area contributed by atoms with E-state index in [-0.39, 0.29) is 23.2 Å². The topological polar surface area (TPSA) is 78.8 Å². The normalized spacial score (nSPS) is 16.0. The summed E-state index contributed by atoms with van der Waals surface area (Å²) in [5.74, 6) is -0.782. The zero-order valence-corrected chi connectivity index (χ0v) is 9.35. The van der Waals surface area contributed by atoms with Gasteiger partial charge >= 0.3 is 0 Å². The number of carbonyl (C=O) groups is 1. The summed E-state index contributed by atoms with van der Waals surface area (Å²) in [5, 5.41) is 18.5. The number of nitrogens with one attached hydrogen (secondary N) is 1. The lowest BCUT2D eigenvalue weighted by atomic mass is 10.2. The Morgan fingerprint density at radius 2 is 1.76 bits per heavy atom. The van der Waals surface area contributed by atoms with Crippen LogP contribution in [0, 0.1) is 0 Å². The van der Waals surface area contributed by atoms with Crippen molar-refractivity contribution >= 4 is 5.91 Å². The van der Waals surface area contributed by atoms with Crippen molar-refractivity contribution in [1.82, 2.24) is 5.48 Å². The molecule has 17 heavy (non-hydrogen) atoms. The van der Waals surface area contributed by atoms with Gasteiger partial charge in [0.05, 0.1) is 6.10 Å². The number of carbonyl (C=O) groups excluding carboxylic acids is 1. The van der Waals surface area contributed by atoms with Crippen molar-refractivity contribution in [3.63, 3.8) is 0 Å². The zero-order valence-electron chi connectivity index (χ0n) is 9.35. The molecule has 1 saturated carbocycles. The minimum Gasteiger partial charge on any atom is -0.508 e. The lowest BCUT2D eigenvalue weighted by Crippen LogP contribution is -2.28. The molecule has 1 aromatic carbocycles. The number of phenolic OH excluding ortho intramolecular Hbond substituents is 2. The predicted molar refractivity (Wildman–Crippen MR) is 60.6 cm³/mol. The molecule has 0 saturated heterocycles. The maximum absolute atomic E-state index is 11.6. The molecule has 2 rings (SSSR count). The Kier molecular flexibility index (Phi) is 3.49. The molecule has 3 N–H and O–H groups in total. The summed E-state index contributed by atoms with van der Waals surface area (Å²) in [6.45, 7) is 0. The Balaban J connectivity index is 1.94. The molecule has 0 atom stereocenters. The van der Waals surface area contributed by atoms with Gasteiger partial charge in [-0.05, 0) is 25.0 Å². The van der Waals surface area contributed by atoms with Gasteiger partial charge in [0.1, 0.15) is 11.5 Å². The molecule has 0 aromatic heterocycles. The highest BCUT2D eigenvalue weighted by atomic mass is 16.7. The number of hydrogen-bond acceptors (Lipinski definition) is 4. The fourth-order valence-corrected chi connectivity index (χ4v) is 1.93. The lowest BCUT2D eigenvalue weighted by Gasteiger charge is -2.11. The van der Waals surface area contributed by atoms with Gasteiger partial charge in [-0.1, -0.05) is 12.8 Å². The summed E-state index contributed by atoms with van der Waals surface area (Å²) in [7, 11) is 0. The van der Waals surface area contributed by atoms with Gasteiger partial charge in [-0.2, -0.15) is 0 Å². The first-order chi connectivity index (χ1) is 8.15. The minimum atomic E-state index is -0.469. The monoisotopic (exact) mass is 237 g/mol. The van der Waals surface area contributed by atoms with E-state index >= 15 is 0 Å². The molecule has 92 valence electrons. The van der Waals surface area contributed by atoms with Crippen molar-refractivity contribution in [1.29, 1.82) is 0 Å². The van der Waals surface area contributed by atoms with E-state index in [0.29, 0.717) is 0 Å². The fraction of sp³-hybridized carbons (Fsp3) is 0.417. The highest BCUT2D eigenvalue weighted by molar-refractivity contribution is 5.94. The third-order valence-electron chi connectivity index (χ3n) is 2.79. The number of phenols is 2. The molecule has 5 nitrogen and oxygen atoms in total. The van der Waals surface area contributed by atoms with Crippen LogP contribution in [0.1, 0.15) is 36.0 Å². The number of amides is 1. The quantitative estimate of drug-likeness (QED) is 0.699. The summed E-state index contributed by atoms with van der Waals surface area (Å²) >= 11 is 0. The van der Waals surface area contributed by atoms with E-state index in [4.69, 9.17) is 4.84 Å². The molecule has 1 aliphatic carbocycles. The summed E-state index contributed by atoms with van der Waals surface area (Å²) in [4.78, 5) is 16.9. The van der Waals surface area contributed by atoms with Crippen LogP contribution in [-0.4, -0.2) is 22.2 Å². The summed E-state index contributed by atoms with van der Waals surface area (Å²) in [5.41, 5.74) is 2.50. The van der Waals surface area contributed by atoms with E-state index in [1.807, 2.05) is 0 Å². The standard InChI is InChI=1S/C12H15NO4/c14-9-5-8(6-10(15)7-9)12(16)13-17-11-3-1-2-4-11/h5-7,11,14-15H,1-4H2,(H,13,16). The van der Waals surface area contributed by atoms with Crippen LogP contribution in [0.2, 0.25) is 0 Å². The van der Waals surface area contributed by atoms with Gasteiger partial charge in [-0.3, -0.25) is 9.63 Å². The minimum absolute atomic E-state index is 0.0739. The second-order valence-electron chi connectivity index (χ2n) is 4.19. The van der Waals surface area contributed by atoms with Crippen molar-refractivity contribution < 1.29 is 19.8 Å². The van der Waals surface area contributed by atoms with Crippen LogP contribution in [0.5, 0.6) is 11.5 Å². The van der Waals surface area contributed by atoms with Crippen molar-refractivity contribution in [3.8, 4) is 11.5 Å². The van der Waals surface area contributed by atoms with Gasteiger partial charge < -0.3 is 10.2 Å². The van der Waals surface area contributed by atoms with Crippen LogP contribution < -0.4 is 5.48 Å². The molecule has 1 aliphatic rings. The third-order valence-corrected chi connectivity index (χ3v) is 2.79. The summed E-state index contributed by atoms with van der Waals surface area (Å²) in [6.07, 6.45) is 4.21. The van der Waals surface area contributed by atoms with E-state index in [9.17, 15) is 15.0 Å². The van der Waals surface area contributed by atoms with Gasteiger partial charge in [-0.25, -0.2) is 5.48 Å². The second kappa shape index (κ2) is 5.05. The SMILES string of the molecule is O=C(NOC1CCCC1)c1cc(O)cc(O)c1. The van der Waals surface area contributed by atoms with E-state index in [0.717, 1.165) is 31.7 Å². The number of hydrogen-bond donors (Lipinski definition) is 3. The van der Waals surface area contributed by atoms with Crippen molar-refractivity contribution in [2.75, 3.05) is 0 Å². The molecule has 0 radical (unpaired) electrons. The van der Waals surface area contributed by atoms with Gasteiger partial charge in [0.15, 0.2) is 0 Å². The molecule has 0 spiro atoms. The molecular weight excluding hydrogens is 222 g/mol. The Hall–Kier alpha value is -1.75. The van der Waals surface area contributed by atoms with Crippen molar-refractivity contribution in [2.24, 2.45) is 0 Å². The first-order valence-electron chi connectivity index (χ1n) is 5.64. The Morgan fingerprint density at radius 3 is 2.35 bits per heavy atom. The molecule has 1 aromatic rings. The molecule has 0 aliphatic heterocycles. The highest BCUT2D eigenvalue weighted by Crippen LogP contribution is 2.22. The van der Waals surface area contributed by atoms with E-state index in [2.05, 4.69) is 5.48 Å². The molecule has 0 heterocycles. The zero-order chi connectivity index (χ0) is 12.3. The van der Waals surface area contributed by atoms with Crippen molar-refractivity contribution in [2.45, 2.75) is 31.8 Å². The van der Waals surface area contributed by atoms with Crippen LogP contribution in [0.3, 0.4) is 0 Å².